The molecule has 17 heteroatoms. The van der Waals surface area contributed by atoms with Crippen LogP contribution in [0.3, 0.4) is 0 Å². The van der Waals surface area contributed by atoms with E-state index in [1.807, 2.05) is 44.2 Å². The normalized spacial score (nSPS) is 18.9. The number of sulfonamides is 1. The Labute approximate surface area is 304 Å². The van der Waals surface area contributed by atoms with Crippen molar-refractivity contribution in [3.05, 3.63) is 99.9 Å². The number of oxazole rings is 1. The molecular weight excluding hydrogens is 714 g/mol. The van der Waals surface area contributed by atoms with Crippen molar-refractivity contribution in [2.75, 3.05) is 30.2 Å². The molecule has 4 amide bonds. The number of aromatic nitrogens is 2. The standard InChI is InChI=1S/C35H40FN7O7S2/c1-21(2)13-25-16-42(31(45)18-43(52(4,48)49)26-12-8-11-24(36)15-26)17-30(44)39-27(14-23-9-6-5-7-10-23)35-41-29(20-51-35)33(47)37-22(3)34-40-28(19-50-34)32(46)38-25/h5-12,15,19-22,25,27H,13-14,16-18H2,1-4H3,(H,37,47)(H,38,46)(H,39,44)/t22-,25-,27-/m1/s1. The minimum absolute atomic E-state index is 0.0196. The van der Waals surface area contributed by atoms with Crippen LogP contribution >= 0.6 is 11.3 Å². The van der Waals surface area contributed by atoms with Gasteiger partial charge in [-0.05, 0) is 49.4 Å². The first-order valence-corrected chi connectivity index (χ1v) is 19.3. The first-order chi connectivity index (χ1) is 24.7. The summed E-state index contributed by atoms with van der Waals surface area (Å²) in [5, 5.41) is 10.6. The van der Waals surface area contributed by atoms with Gasteiger partial charge in [0, 0.05) is 18.0 Å². The third kappa shape index (κ3) is 10.00. The van der Waals surface area contributed by atoms with Gasteiger partial charge in [-0.2, -0.15) is 0 Å². The Balaban J connectivity index is 1.53. The molecule has 0 saturated carbocycles. The van der Waals surface area contributed by atoms with E-state index in [-0.39, 0.29) is 35.4 Å². The van der Waals surface area contributed by atoms with Crippen LogP contribution in [0.2, 0.25) is 0 Å². The van der Waals surface area contributed by atoms with Crippen LogP contribution in [-0.2, 0) is 26.0 Å². The van der Waals surface area contributed by atoms with Crippen LogP contribution in [0.5, 0.6) is 0 Å². The van der Waals surface area contributed by atoms with Gasteiger partial charge in [0.15, 0.2) is 5.69 Å². The van der Waals surface area contributed by atoms with Crippen LogP contribution in [-0.4, -0.2) is 78.8 Å². The van der Waals surface area contributed by atoms with Gasteiger partial charge in [0.05, 0.1) is 24.5 Å². The van der Waals surface area contributed by atoms with E-state index in [9.17, 15) is 32.0 Å². The van der Waals surface area contributed by atoms with Gasteiger partial charge in [-0.25, -0.2) is 22.8 Å². The molecule has 14 nitrogen and oxygen atoms in total. The number of rotatable bonds is 8. The molecule has 0 radical (unpaired) electrons. The maximum Gasteiger partial charge on any atom is 0.273 e. The first-order valence-electron chi connectivity index (χ1n) is 16.5. The molecule has 3 heterocycles. The Bertz CT molecular complexity index is 2020. The minimum Gasteiger partial charge on any atom is -0.446 e. The molecule has 52 heavy (non-hydrogen) atoms. The third-order valence-corrected chi connectivity index (χ3v) is 10.2. The molecular formula is C35H40FN7O7S2. The fourth-order valence-electron chi connectivity index (χ4n) is 5.72. The predicted molar refractivity (Wildman–Crippen MR) is 191 cm³/mol. The van der Waals surface area contributed by atoms with Gasteiger partial charge in [-0.1, -0.05) is 50.2 Å². The van der Waals surface area contributed by atoms with Crippen molar-refractivity contribution < 1.29 is 36.4 Å². The van der Waals surface area contributed by atoms with Crippen molar-refractivity contribution in [2.45, 2.75) is 51.7 Å². The van der Waals surface area contributed by atoms with Crippen molar-refractivity contribution >= 4 is 50.7 Å². The summed E-state index contributed by atoms with van der Waals surface area (Å²) in [5.74, 6) is -3.11. The van der Waals surface area contributed by atoms with E-state index >= 15 is 0 Å². The van der Waals surface area contributed by atoms with Crippen molar-refractivity contribution in [1.29, 1.82) is 0 Å². The molecule has 1 aliphatic rings. The van der Waals surface area contributed by atoms with Gasteiger partial charge in [0.2, 0.25) is 27.7 Å². The molecule has 3 N–H and O–H groups in total. The molecule has 0 spiro atoms. The van der Waals surface area contributed by atoms with Crippen LogP contribution in [0, 0.1) is 11.7 Å². The van der Waals surface area contributed by atoms with Crippen LogP contribution < -0.4 is 20.3 Å². The molecule has 0 saturated heterocycles. The average Bonchev–Trinajstić information content (AvgIpc) is 3.77. The van der Waals surface area contributed by atoms with Gasteiger partial charge in [-0.3, -0.25) is 23.5 Å². The lowest BCUT2D eigenvalue weighted by Gasteiger charge is -2.31. The van der Waals surface area contributed by atoms with Crippen LogP contribution in [0.25, 0.3) is 0 Å². The smallest absolute Gasteiger partial charge is 0.273 e. The Kier molecular flexibility index (Phi) is 12.1. The zero-order chi connectivity index (χ0) is 37.6. The van der Waals surface area contributed by atoms with Gasteiger partial charge >= 0.3 is 0 Å². The number of nitrogens with one attached hydrogen (secondary N) is 3. The molecule has 0 fully saturated rings. The molecule has 5 rings (SSSR count). The number of hydrogen-bond donors (Lipinski definition) is 3. The summed E-state index contributed by atoms with van der Waals surface area (Å²) < 4.78 is 46.3. The molecule has 0 aliphatic carbocycles. The highest BCUT2D eigenvalue weighted by Gasteiger charge is 2.31. The average molecular weight is 754 g/mol. The van der Waals surface area contributed by atoms with Crippen LogP contribution in [0.15, 0.2) is 70.7 Å². The highest BCUT2D eigenvalue weighted by atomic mass is 32.2. The molecule has 0 unspecified atom stereocenters. The fourth-order valence-corrected chi connectivity index (χ4v) is 7.41. The molecule has 4 aromatic rings. The Morgan fingerprint density at radius 3 is 2.46 bits per heavy atom. The van der Waals surface area contributed by atoms with Crippen LogP contribution in [0.4, 0.5) is 10.1 Å². The van der Waals surface area contributed by atoms with E-state index in [2.05, 4.69) is 25.9 Å². The van der Waals surface area contributed by atoms with E-state index < -0.39 is 70.7 Å². The number of carbonyl (C=O) groups excluding carboxylic acids is 4. The number of anilines is 1. The van der Waals surface area contributed by atoms with E-state index in [1.54, 1.807) is 12.3 Å². The number of halogens is 1. The summed E-state index contributed by atoms with van der Waals surface area (Å²) in [5.41, 5.74) is 0.819. The Morgan fingerprint density at radius 1 is 1.04 bits per heavy atom. The maximum absolute atomic E-state index is 14.2. The third-order valence-electron chi connectivity index (χ3n) is 8.14. The van der Waals surface area contributed by atoms with Gasteiger partial charge in [-0.15, -0.1) is 11.3 Å². The lowest BCUT2D eigenvalue weighted by molar-refractivity contribution is -0.135. The van der Waals surface area contributed by atoms with E-state index in [4.69, 9.17) is 4.42 Å². The maximum atomic E-state index is 14.2. The second-order valence-corrected chi connectivity index (χ2v) is 15.8. The summed E-state index contributed by atoms with van der Waals surface area (Å²) >= 11 is 1.17. The topological polar surface area (TPSA) is 184 Å². The van der Waals surface area contributed by atoms with Crippen LogP contribution in [0.1, 0.15) is 76.7 Å². The highest BCUT2D eigenvalue weighted by Crippen LogP contribution is 2.24. The summed E-state index contributed by atoms with van der Waals surface area (Å²) in [6.45, 7) is 4.02. The van der Waals surface area contributed by atoms with Crippen molar-refractivity contribution in [2.24, 2.45) is 5.92 Å². The number of benzene rings is 2. The second kappa shape index (κ2) is 16.5. The SMILES string of the molecule is CC(C)C[C@@H]1CN(C(=O)CN(c2cccc(F)c2)S(C)(=O)=O)CC(=O)N[C@H](Cc2ccccc2)c2nc(cs2)C(=O)N[C@H](C)c2nc(co2)C(=O)N1. The minimum atomic E-state index is -4.09. The zero-order valence-corrected chi connectivity index (χ0v) is 30.7. The van der Waals surface area contributed by atoms with E-state index in [0.29, 0.717) is 17.8 Å². The van der Waals surface area contributed by atoms with E-state index in [1.165, 1.54) is 28.4 Å². The van der Waals surface area contributed by atoms with Crippen molar-refractivity contribution in [3.63, 3.8) is 0 Å². The fraction of sp³-hybridized carbons (Fsp3) is 0.371. The Morgan fingerprint density at radius 2 is 1.77 bits per heavy atom. The van der Waals surface area contributed by atoms with E-state index in [0.717, 1.165) is 34.5 Å². The predicted octanol–water partition coefficient (Wildman–Crippen LogP) is 3.61. The summed E-state index contributed by atoms with van der Waals surface area (Å²) in [7, 11) is -4.09. The molecule has 2 aromatic heterocycles. The molecule has 1 aliphatic heterocycles. The van der Waals surface area contributed by atoms with Gasteiger partial charge < -0.3 is 25.3 Å². The summed E-state index contributed by atoms with van der Waals surface area (Å²) in [6, 6.07) is 12.0. The quantitative estimate of drug-likeness (QED) is 0.242. The number of thiazole rings is 1. The number of nitrogens with zero attached hydrogens (tertiary/aromatic N) is 4. The molecule has 2 aromatic carbocycles. The summed E-state index contributed by atoms with van der Waals surface area (Å²) in [4.78, 5) is 64.6. The summed E-state index contributed by atoms with van der Waals surface area (Å²) in [6.07, 6.45) is 2.72. The lowest BCUT2D eigenvalue weighted by atomic mass is 10.0. The molecule has 3 atom stereocenters. The Hall–Kier alpha value is -5.16. The lowest BCUT2D eigenvalue weighted by Crippen LogP contribution is -2.52. The first kappa shape index (κ1) is 38.1. The molecule has 276 valence electrons. The van der Waals surface area contributed by atoms with Crippen molar-refractivity contribution in [1.82, 2.24) is 30.8 Å². The number of carbonyl (C=O) groups is 4. The van der Waals surface area contributed by atoms with Crippen molar-refractivity contribution in [3.8, 4) is 0 Å². The number of fused-ring (bicyclic) bond motifs is 4. The zero-order valence-electron chi connectivity index (χ0n) is 29.0. The van der Waals surface area contributed by atoms with Gasteiger partial charge in [0.25, 0.3) is 11.8 Å². The molecule has 4 bridgehead atoms. The number of hydrogen-bond acceptors (Lipinski definition) is 10. The number of amides is 4. The largest absolute Gasteiger partial charge is 0.446 e. The highest BCUT2D eigenvalue weighted by molar-refractivity contribution is 7.92. The second-order valence-electron chi connectivity index (χ2n) is 13.0. The van der Waals surface area contributed by atoms with Gasteiger partial charge in [0.1, 0.15) is 35.4 Å². The monoisotopic (exact) mass is 753 g/mol.